The van der Waals surface area contributed by atoms with Crippen molar-refractivity contribution >= 4 is 11.8 Å². The number of amides is 1. The Labute approximate surface area is 198 Å². The van der Waals surface area contributed by atoms with Gasteiger partial charge in [-0.25, -0.2) is 4.79 Å². The van der Waals surface area contributed by atoms with Gasteiger partial charge in [0.05, 0.1) is 5.69 Å². The summed E-state index contributed by atoms with van der Waals surface area (Å²) in [5.41, 5.74) is -1.68. The third kappa shape index (κ3) is 3.01. The zero-order valence-corrected chi connectivity index (χ0v) is 19.3. The number of anilines is 1. The largest absolute Gasteiger partial charge is 0.508 e. The topological polar surface area (TPSA) is 101 Å². The van der Waals surface area contributed by atoms with Crippen molar-refractivity contribution in [3.05, 3.63) is 48.6 Å². The van der Waals surface area contributed by atoms with E-state index in [1.54, 1.807) is 6.07 Å². The molecule has 0 spiro atoms. The molecule has 2 fully saturated rings. The lowest BCUT2D eigenvalue weighted by Gasteiger charge is -2.51. The molecule has 1 amide bonds. The number of terminal acetylenes is 1. The number of aromatic hydroxyl groups is 1. The number of ether oxygens (including phenoxy) is 4. The summed E-state index contributed by atoms with van der Waals surface area (Å²) < 4.78 is 23.2. The molecule has 0 radical (unpaired) electrons. The first-order valence-electron chi connectivity index (χ1n) is 10.8. The van der Waals surface area contributed by atoms with Gasteiger partial charge in [-0.15, -0.1) is 6.42 Å². The second-order valence-electron chi connectivity index (χ2n) is 8.49. The predicted octanol–water partition coefficient (Wildman–Crippen LogP) is 2.45. The maximum absolute atomic E-state index is 13.3. The number of aliphatic hydroxyl groups is 1. The molecule has 1 saturated carbocycles. The number of phenols is 1. The number of carbonyl (C=O) groups excluding carboxylic acids is 1. The first-order valence-corrected chi connectivity index (χ1v) is 10.8. The van der Waals surface area contributed by atoms with Gasteiger partial charge in [0.15, 0.2) is 11.4 Å². The van der Waals surface area contributed by atoms with Crippen LogP contribution >= 0.6 is 0 Å². The van der Waals surface area contributed by atoms with Gasteiger partial charge in [-0.3, -0.25) is 4.90 Å². The molecule has 2 aliphatic heterocycles. The lowest BCUT2D eigenvalue weighted by atomic mass is 9.61. The molecule has 2 N–H and O–H groups in total. The fraction of sp³-hybridized carbons (Fsp3) is 0.423. The molecular formula is C26H27NO7. The molecule has 1 aromatic carbocycles. The van der Waals surface area contributed by atoms with Crippen LogP contribution in [0.25, 0.3) is 0 Å². The van der Waals surface area contributed by atoms with E-state index in [2.05, 4.69) is 24.3 Å². The van der Waals surface area contributed by atoms with E-state index in [1.807, 2.05) is 6.92 Å². The highest BCUT2D eigenvalue weighted by Gasteiger charge is 2.88. The maximum Gasteiger partial charge on any atom is 0.415 e. The Bertz CT molecular complexity index is 1140. The van der Waals surface area contributed by atoms with E-state index < -0.39 is 35.2 Å². The summed E-state index contributed by atoms with van der Waals surface area (Å²) in [5, 5.41) is 22.0. The molecule has 5 atom stereocenters. The number of hydrogen-bond acceptors (Lipinski definition) is 7. The van der Waals surface area contributed by atoms with Crippen molar-refractivity contribution in [1.82, 2.24) is 0 Å². The molecule has 3 aliphatic rings. The molecule has 1 aromatic rings. The van der Waals surface area contributed by atoms with Crippen molar-refractivity contribution in [1.29, 1.82) is 0 Å². The fourth-order valence-corrected chi connectivity index (χ4v) is 5.55. The van der Waals surface area contributed by atoms with Crippen molar-refractivity contribution in [2.75, 3.05) is 25.7 Å². The second-order valence-corrected chi connectivity index (χ2v) is 8.49. The van der Waals surface area contributed by atoms with Crippen molar-refractivity contribution in [2.45, 2.75) is 42.5 Å². The number of carbonyl (C=O) groups is 1. The molecule has 1 aliphatic carbocycles. The lowest BCUT2D eigenvalue weighted by Crippen LogP contribution is -2.67. The summed E-state index contributed by atoms with van der Waals surface area (Å²) in [6, 6.07) is 3.64. The molecule has 0 bridgehead atoms. The highest BCUT2D eigenvalue weighted by molar-refractivity contribution is 5.93. The van der Waals surface area contributed by atoms with Gasteiger partial charge in [-0.2, -0.15) is 0 Å². The Hall–Kier alpha value is -3.27. The van der Waals surface area contributed by atoms with Gasteiger partial charge in [0.25, 0.3) is 0 Å². The minimum atomic E-state index is -1.37. The highest BCUT2D eigenvalue weighted by atomic mass is 16.7. The number of epoxide rings is 1. The van der Waals surface area contributed by atoms with Crippen LogP contribution in [0, 0.1) is 30.1 Å². The van der Waals surface area contributed by atoms with Crippen LogP contribution in [0.1, 0.15) is 18.9 Å². The number of phenolic OH excluding ortho intramolecular Hbond substituents is 1. The van der Waals surface area contributed by atoms with Crippen LogP contribution in [0.4, 0.5) is 10.5 Å². The van der Waals surface area contributed by atoms with Gasteiger partial charge in [0, 0.05) is 26.2 Å². The summed E-state index contributed by atoms with van der Waals surface area (Å²) in [4.78, 5) is 14.7. The number of benzene rings is 1. The summed E-state index contributed by atoms with van der Waals surface area (Å²) >= 11 is 0. The minimum Gasteiger partial charge on any atom is -0.508 e. The maximum atomic E-state index is 13.3. The minimum absolute atomic E-state index is 0.00641. The Kier molecular flexibility index (Phi) is 5.97. The molecule has 8 nitrogen and oxygen atoms in total. The number of methoxy groups -OCH3 is 2. The zero-order chi connectivity index (χ0) is 24.7. The van der Waals surface area contributed by atoms with Gasteiger partial charge in [-0.1, -0.05) is 37.3 Å². The summed E-state index contributed by atoms with van der Waals surface area (Å²) in [5.74, 6) is 6.65. The van der Waals surface area contributed by atoms with Crippen LogP contribution in [0.15, 0.2) is 43.0 Å². The SMILES string of the molecule is C#C/C=C\C#C[C@@H]1N(C(=O)OCC=C)c2ccc(O)cc2[C@@]23O[C@@]12[C@@H](C)CC(OC)(OC)[C@@H]3O. The predicted molar refractivity (Wildman–Crippen MR) is 124 cm³/mol. The first kappa shape index (κ1) is 23.9. The summed E-state index contributed by atoms with van der Waals surface area (Å²) in [6.07, 6.45) is 8.01. The second kappa shape index (κ2) is 8.50. The summed E-state index contributed by atoms with van der Waals surface area (Å²) in [6.45, 7) is 5.51. The van der Waals surface area contributed by atoms with Crippen molar-refractivity contribution in [3.8, 4) is 29.9 Å². The number of nitrogens with zero attached hydrogens (tertiary/aromatic N) is 1. The number of aliphatic hydroxyl groups excluding tert-OH is 1. The van der Waals surface area contributed by atoms with Crippen molar-refractivity contribution in [3.63, 3.8) is 0 Å². The number of rotatable bonds is 4. The smallest absolute Gasteiger partial charge is 0.415 e. The Morgan fingerprint density at radius 1 is 1.38 bits per heavy atom. The van der Waals surface area contributed by atoms with Gasteiger partial charge in [-0.05, 0) is 36.3 Å². The highest BCUT2D eigenvalue weighted by Crippen LogP contribution is 2.73. The van der Waals surface area contributed by atoms with Crippen molar-refractivity contribution in [2.24, 2.45) is 5.92 Å². The average molecular weight is 466 g/mol. The van der Waals surface area contributed by atoms with E-state index >= 15 is 0 Å². The van der Waals surface area contributed by atoms with E-state index in [0.29, 0.717) is 11.3 Å². The number of fused-ring (bicyclic) bond motifs is 1. The fourth-order valence-electron chi connectivity index (χ4n) is 5.55. The molecular weight excluding hydrogens is 438 g/mol. The van der Waals surface area contributed by atoms with Crippen LogP contribution in [-0.2, 0) is 24.5 Å². The van der Waals surface area contributed by atoms with Gasteiger partial charge in [0.2, 0.25) is 0 Å². The Morgan fingerprint density at radius 2 is 2.12 bits per heavy atom. The normalized spacial score (nSPS) is 32.3. The van der Waals surface area contributed by atoms with E-state index in [4.69, 9.17) is 25.4 Å². The standard InChI is InChI=1S/C26H27NO7/c1-6-8-9-10-11-21-25-17(3)16-24(31-4,32-5)22(29)26(25,34-25)19-15-18(28)12-13-20(19)27(21)23(30)33-14-7-2/h1,7-9,12-13,15,17,21-22,28-29H,2,14,16H2,3-5H3/b9-8-/t17-,21-,22-,25-,26-/m0/s1. The molecule has 4 rings (SSSR count). The molecule has 8 heteroatoms. The molecule has 0 unspecified atom stereocenters. The zero-order valence-electron chi connectivity index (χ0n) is 19.3. The van der Waals surface area contributed by atoms with E-state index in [9.17, 15) is 15.0 Å². The molecule has 1 saturated heterocycles. The third-order valence-electron chi connectivity index (χ3n) is 6.99. The van der Waals surface area contributed by atoms with E-state index in [1.165, 1.54) is 49.5 Å². The quantitative estimate of drug-likeness (QED) is 0.305. The Balaban J connectivity index is 1.98. The van der Waals surface area contributed by atoms with Gasteiger partial charge < -0.3 is 29.2 Å². The van der Waals surface area contributed by atoms with E-state index in [-0.39, 0.29) is 24.7 Å². The molecule has 178 valence electrons. The van der Waals surface area contributed by atoms with E-state index in [0.717, 1.165) is 0 Å². The molecule has 0 aromatic heterocycles. The van der Waals surface area contributed by atoms with Crippen LogP contribution in [-0.4, -0.2) is 60.7 Å². The van der Waals surface area contributed by atoms with Crippen LogP contribution in [0.5, 0.6) is 5.75 Å². The number of hydrogen-bond donors (Lipinski definition) is 2. The van der Waals surface area contributed by atoms with Crippen molar-refractivity contribution < 1.29 is 34.0 Å². The van der Waals surface area contributed by atoms with Crippen LogP contribution < -0.4 is 4.90 Å². The first-order chi connectivity index (χ1) is 16.3. The lowest BCUT2D eigenvalue weighted by molar-refractivity contribution is -0.289. The third-order valence-corrected chi connectivity index (χ3v) is 6.99. The average Bonchev–Trinajstić information content (AvgIpc) is 3.56. The molecule has 2 heterocycles. The number of allylic oxidation sites excluding steroid dienone is 2. The monoisotopic (exact) mass is 465 g/mol. The Morgan fingerprint density at radius 3 is 2.76 bits per heavy atom. The summed E-state index contributed by atoms with van der Waals surface area (Å²) in [7, 11) is 2.91. The van der Waals surface area contributed by atoms with Crippen LogP contribution in [0.2, 0.25) is 0 Å². The van der Waals surface area contributed by atoms with Gasteiger partial charge in [0.1, 0.15) is 30.1 Å². The van der Waals surface area contributed by atoms with Gasteiger partial charge >= 0.3 is 6.09 Å². The van der Waals surface area contributed by atoms with Crippen LogP contribution in [0.3, 0.4) is 0 Å². The molecule has 34 heavy (non-hydrogen) atoms.